The van der Waals surface area contributed by atoms with E-state index in [-0.39, 0.29) is 5.82 Å². The summed E-state index contributed by atoms with van der Waals surface area (Å²) in [6.07, 6.45) is 3.69. The highest BCUT2D eigenvalue weighted by Gasteiger charge is 2.21. The fourth-order valence-electron chi connectivity index (χ4n) is 3.11. The van der Waals surface area contributed by atoms with Crippen LogP contribution in [0.4, 0.5) is 11.6 Å². The maximum atomic E-state index is 12.6. The van der Waals surface area contributed by atoms with E-state index < -0.39 is 10.0 Å². The van der Waals surface area contributed by atoms with Gasteiger partial charge < -0.3 is 4.90 Å². The molecule has 3 aromatic rings. The lowest BCUT2D eigenvalue weighted by Crippen LogP contribution is -2.22. The third-order valence-electron chi connectivity index (χ3n) is 4.44. The number of hydrogen-bond donors (Lipinski definition) is 1. The van der Waals surface area contributed by atoms with E-state index in [1.807, 2.05) is 54.6 Å². The van der Waals surface area contributed by atoms with Crippen LogP contribution in [0, 0.1) is 0 Å². The van der Waals surface area contributed by atoms with Gasteiger partial charge in [-0.3, -0.25) is 4.72 Å². The molecule has 0 amide bonds. The number of hydrogen-bond acceptors (Lipinski definition) is 5. The topological polar surface area (TPSA) is 75.2 Å². The molecule has 0 aliphatic carbocycles. The van der Waals surface area contributed by atoms with Crippen molar-refractivity contribution >= 4 is 38.8 Å². The van der Waals surface area contributed by atoms with Crippen molar-refractivity contribution in [3.8, 4) is 0 Å². The quantitative estimate of drug-likeness (QED) is 0.731. The summed E-state index contributed by atoms with van der Waals surface area (Å²) in [7, 11) is -3.71. The summed E-state index contributed by atoms with van der Waals surface area (Å²) in [6.45, 7) is 1.70. The highest BCUT2D eigenvalue weighted by molar-refractivity contribution is 7.95. The van der Waals surface area contributed by atoms with Gasteiger partial charge in [-0.15, -0.1) is 0 Å². The van der Waals surface area contributed by atoms with Crippen molar-refractivity contribution in [3.05, 3.63) is 65.6 Å². The first-order valence-electron chi connectivity index (χ1n) is 8.88. The van der Waals surface area contributed by atoms with Gasteiger partial charge in [-0.25, -0.2) is 18.4 Å². The average molecular weight is 380 g/mol. The number of benzene rings is 2. The van der Waals surface area contributed by atoms with E-state index >= 15 is 0 Å². The van der Waals surface area contributed by atoms with Gasteiger partial charge in [-0.05, 0) is 36.6 Å². The van der Waals surface area contributed by atoms with Crippen molar-refractivity contribution in [3.63, 3.8) is 0 Å². The zero-order valence-electron chi connectivity index (χ0n) is 14.7. The molecule has 2 heterocycles. The van der Waals surface area contributed by atoms with Crippen molar-refractivity contribution in [2.45, 2.75) is 12.8 Å². The molecule has 0 unspecified atom stereocenters. The largest absolute Gasteiger partial charge is 0.354 e. The Morgan fingerprint density at radius 2 is 1.52 bits per heavy atom. The summed E-state index contributed by atoms with van der Waals surface area (Å²) in [5.74, 6) is 0.858. The highest BCUT2D eigenvalue weighted by atomic mass is 32.2. The minimum atomic E-state index is -3.71. The molecule has 7 heteroatoms. The minimum absolute atomic E-state index is 0.272. The first-order chi connectivity index (χ1) is 13.1. The number of rotatable bonds is 5. The van der Waals surface area contributed by atoms with Crippen LogP contribution in [-0.4, -0.2) is 31.5 Å². The van der Waals surface area contributed by atoms with E-state index in [9.17, 15) is 8.42 Å². The van der Waals surface area contributed by atoms with Crippen molar-refractivity contribution in [1.29, 1.82) is 0 Å². The molecule has 1 aliphatic heterocycles. The van der Waals surface area contributed by atoms with Crippen LogP contribution in [0.5, 0.6) is 0 Å². The Kier molecular flexibility index (Phi) is 4.77. The lowest BCUT2D eigenvalue weighted by atomic mass is 10.2. The molecule has 27 heavy (non-hydrogen) atoms. The molecule has 0 saturated carbocycles. The maximum Gasteiger partial charge on any atom is 0.256 e. The minimum Gasteiger partial charge on any atom is -0.354 e. The molecular weight excluding hydrogens is 360 g/mol. The van der Waals surface area contributed by atoms with Crippen molar-refractivity contribution < 1.29 is 8.42 Å². The molecule has 1 N–H and O–H groups in total. The van der Waals surface area contributed by atoms with Crippen LogP contribution < -0.4 is 9.62 Å². The Morgan fingerprint density at radius 1 is 0.889 bits per heavy atom. The number of para-hydroxylation sites is 2. The molecule has 1 aliphatic rings. The number of aromatic nitrogens is 2. The van der Waals surface area contributed by atoms with E-state index in [0.717, 1.165) is 42.4 Å². The number of nitrogens with one attached hydrogen (secondary N) is 1. The van der Waals surface area contributed by atoms with Crippen LogP contribution in [0.1, 0.15) is 18.4 Å². The Morgan fingerprint density at radius 3 is 2.22 bits per heavy atom. The molecule has 2 aromatic carbocycles. The standard InChI is InChI=1S/C20H20N4O2S/c25-27(26,15-12-16-8-2-1-3-9-16)23-19-20(24-13-6-7-14-24)22-18-11-5-4-10-17(18)21-19/h1-5,8-12,15H,6-7,13-14H2,(H,21,23). The second kappa shape index (κ2) is 7.36. The molecule has 1 aromatic heterocycles. The summed E-state index contributed by atoms with van der Waals surface area (Å²) in [5, 5.41) is 1.16. The van der Waals surface area contributed by atoms with E-state index in [1.165, 1.54) is 0 Å². The fourth-order valence-corrected chi connectivity index (χ4v) is 3.92. The average Bonchev–Trinajstić information content (AvgIpc) is 3.21. The normalized spacial score (nSPS) is 14.9. The molecule has 0 bridgehead atoms. The van der Waals surface area contributed by atoms with Crippen LogP contribution in [-0.2, 0) is 10.0 Å². The SMILES string of the molecule is O=S(=O)(C=Cc1ccccc1)Nc1nc2ccccc2nc1N1CCCC1. The molecule has 138 valence electrons. The van der Waals surface area contributed by atoms with Crippen LogP contribution in [0.3, 0.4) is 0 Å². The second-order valence-electron chi connectivity index (χ2n) is 6.44. The van der Waals surface area contributed by atoms with E-state index in [4.69, 9.17) is 0 Å². The van der Waals surface area contributed by atoms with Crippen molar-refractivity contribution in [2.24, 2.45) is 0 Å². The van der Waals surface area contributed by atoms with Gasteiger partial charge >= 0.3 is 0 Å². The number of sulfonamides is 1. The number of fused-ring (bicyclic) bond motifs is 1. The summed E-state index contributed by atoms with van der Waals surface area (Å²) in [4.78, 5) is 11.3. The first-order valence-corrected chi connectivity index (χ1v) is 10.4. The smallest absolute Gasteiger partial charge is 0.256 e. The first kappa shape index (κ1) is 17.5. The zero-order chi connectivity index (χ0) is 18.7. The molecule has 0 radical (unpaired) electrons. The summed E-state index contributed by atoms with van der Waals surface area (Å²) >= 11 is 0. The van der Waals surface area contributed by atoms with Crippen molar-refractivity contribution in [1.82, 2.24) is 9.97 Å². The molecule has 1 fully saturated rings. The molecule has 4 rings (SSSR count). The Balaban J connectivity index is 1.69. The van der Waals surface area contributed by atoms with Gasteiger partial charge in [0.1, 0.15) is 0 Å². The number of anilines is 2. The molecular formula is C20H20N4O2S. The van der Waals surface area contributed by atoms with Gasteiger partial charge in [0, 0.05) is 13.1 Å². The summed E-state index contributed by atoms with van der Waals surface area (Å²) in [6, 6.07) is 16.8. The Hall–Kier alpha value is -2.93. The van der Waals surface area contributed by atoms with E-state index in [2.05, 4.69) is 19.6 Å². The second-order valence-corrected chi connectivity index (χ2v) is 8.01. The van der Waals surface area contributed by atoms with Crippen LogP contribution in [0.2, 0.25) is 0 Å². The summed E-state index contributed by atoms with van der Waals surface area (Å²) in [5.41, 5.74) is 2.22. The van der Waals surface area contributed by atoms with Gasteiger partial charge in [0.2, 0.25) is 0 Å². The predicted octanol–water partition coefficient (Wildman–Crippen LogP) is 3.64. The number of nitrogens with zero attached hydrogens (tertiary/aromatic N) is 3. The molecule has 6 nitrogen and oxygen atoms in total. The Bertz CT molecular complexity index is 1080. The Labute approximate surface area is 158 Å². The monoisotopic (exact) mass is 380 g/mol. The van der Waals surface area contributed by atoms with Crippen LogP contribution >= 0.6 is 0 Å². The van der Waals surface area contributed by atoms with Gasteiger partial charge in [0.25, 0.3) is 10.0 Å². The zero-order valence-corrected chi connectivity index (χ0v) is 15.6. The highest BCUT2D eigenvalue weighted by Crippen LogP contribution is 2.28. The van der Waals surface area contributed by atoms with E-state index in [0.29, 0.717) is 11.3 Å². The molecule has 0 atom stereocenters. The lowest BCUT2D eigenvalue weighted by Gasteiger charge is -2.20. The van der Waals surface area contributed by atoms with Gasteiger partial charge in [-0.1, -0.05) is 42.5 Å². The van der Waals surface area contributed by atoms with Gasteiger partial charge in [-0.2, -0.15) is 0 Å². The van der Waals surface area contributed by atoms with E-state index in [1.54, 1.807) is 6.08 Å². The maximum absolute atomic E-state index is 12.6. The van der Waals surface area contributed by atoms with Crippen molar-refractivity contribution in [2.75, 3.05) is 22.7 Å². The fraction of sp³-hybridized carbons (Fsp3) is 0.200. The van der Waals surface area contributed by atoms with Gasteiger partial charge in [0.15, 0.2) is 11.6 Å². The lowest BCUT2D eigenvalue weighted by molar-refractivity contribution is 0.609. The van der Waals surface area contributed by atoms with Crippen LogP contribution in [0.15, 0.2) is 60.0 Å². The third-order valence-corrected chi connectivity index (χ3v) is 5.41. The summed E-state index contributed by atoms with van der Waals surface area (Å²) < 4.78 is 27.8. The predicted molar refractivity (Wildman–Crippen MR) is 109 cm³/mol. The molecule has 1 saturated heterocycles. The van der Waals surface area contributed by atoms with Gasteiger partial charge in [0.05, 0.1) is 16.4 Å². The molecule has 0 spiro atoms. The third kappa shape index (κ3) is 4.09. The van der Waals surface area contributed by atoms with Crippen LogP contribution in [0.25, 0.3) is 17.1 Å².